The number of halogens is 1. The molecule has 0 saturated carbocycles. The number of rotatable bonds is 1. The van der Waals surface area contributed by atoms with E-state index in [1.807, 2.05) is 0 Å². The molecule has 1 fully saturated rings. The standard InChI is InChI=1S/C10H17BrN2/c11-9-2-1-7-13(8-9)10-3-5-12-6-4-10/h2,10,12H,1,3-8H2. The maximum absolute atomic E-state index is 3.60. The topological polar surface area (TPSA) is 15.3 Å². The normalized spacial score (nSPS) is 27.3. The summed E-state index contributed by atoms with van der Waals surface area (Å²) in [7, 11) is 0. The molecule has 0 amide bonds. The molecule has 13 heavy (non-hydrogen) atoms. The highest BCUT2D eigenvalue weighted by atomic mass is 79.9. The lowest BCUT2D eigenvalue weighted by Gasteiger charge is -2.36. The van der Waals surface area contributed by atoms with E-state index in [4.69, 9.17) is 0 Å². The summed E-state index contributed by atoms with van der Waals surface area (Å²) in [4.78, 5) is 2.62. The first kappa shape index (κ1) is 9.69. The summed E-state index contributed by atoms with van der Waals surface area (Å²) >= 11 is 3.60. The van der Waals surface area contributed by atoms with Crippen molar-refractivity contribution in [3.8, 4) is 0 Å². The molecular formula is C10H17BrN2. The van der Waals surface area contributed by atoms with Crippen LogP contribution in [0.5, 0.6) is 0 Å². The van der Waals surface area contributed by atoms with E-state index in [1.54, 1.807) is 0 Å². The zero-order valence-corrected chi connectivity index (χ0v) is 9.52. The zero-order valence-electron chi connectivity index (χ0n) is 7.93. The minimum absolute atomic E-state index is 0.822. The van der Waals surface area contributed by atoms with E-state index in [-0.39, 0.29) is 0 Å². The Morgan fingerprint density at radius 3 is 2.85 bits per heavy atom. The second-order valence-corrected chi connectivity index (χ2v) is 4.91. The average molecular weight is 245 g/mol. The first-order valence-corrected chi connectivity index (χ1v) is 5.95. The Labute approximate surface area is 88.5 Å². The van der Waals surface area contributed by atoms with E-state index in [1.165, 1.54) is 43.4 Å². The molecule has 1 saturated heterocycles. The summed E-state index contributed by atoms with van der Waals surface area (Å²) in [5, 5.41) is 3.41. The fourth-order valence-electron chi connectivity index (χ4n) is 2.21. The van der Waals surface area contributed by atoms with Gasteiger partial charge in [-0.15, -0.1) is 0 Å². The predicted octanol–water partition coefficient (Wildman–Crippen LogP) is 1.72. The van der Waals surface area contributed by atoms with Crippen LogP contribution in [0.1, 0.15) is 19.3 Å². The smallest absolute Gasteiger partial charge is 0.0299 e. The Kier molecular flexibility index (Phi) is 3.41. The second kappa shape index (κ2) is 4.58. The number of piperidine rings is 1. The summed E-state index contributed by atoms with van der Waals surface area (Å²) in [6, 6.07) is 0.822. The van der Waals surface area contributed by atoms with Crippen LogP contribution in [0.4, 0.5) is 0 Å². The molecule has 0 radical (unpaired) electrons. The van der Waals surface area contributed by atoms with Crippen molar-refractivity contribution in [1.82, 2.24) is 10.2 Å². The Balaban J connectivity index is 1.89. The van der Waals surface area contributed by atoms with E-state index in [0.29, 0.717) is 0 Å². The first-order valence-electron chi connectivity index (χ1n) is 5.15. The van der Waals surface area contributed by atoms with Crippen LogP contribution in [-0.4, -0.2) is 37.1 Å². The van der Waals surface area contributed by atoms with Gasteiger partial charge in [0, 0.05) is 23.6 Å². The third kappa shape index (κ3) is 2.55. The molecule has 0 aromatic rings. The SMILES string of the molecule is BrC1=CCCN(C2CCNCC2)C1. The van der Waals surface area contributed by atoms with Crippen LogP contribution in [0.3, 0.4) is 0 Å². The highest BCUT2D eigenvalue weighted by Crippen LogP contribution is 2.20. The average Bonchev–Trinajstić information content (AvgIpc) is 2.19. The fourth-order valence-corrected chi connectivity index (χ4v) is 2.76. The predicted molar refractivity (Wildman–Crippen MR) is 59.1 cm³/mol. The molecule has 2 aliphatic heterocycles. The molecule has 0 aliphatic carbocycles. The van der Waals surface area contributed by atoms with Gasteiger partial charge in [-0.3, -0.25) is 4.90 Å². The minimum atomic E-state index is 0.822. The van der Waals surface area contributed by atoms with Gasteiger partial charge in [0.1, 0.15) is 0 Å². The van der Waals surface area contributed by atoms with Crippen LogP contribution in [0, 0.1) is 0 Å². The molecular weight excluding hydrogens is 228 g/mol. The Morgan fingerprint density at radius 1 is 1.38 bits per heavy atom. The summed E-state index contributed by atoms with van der Waals surface area (Å²) in [5.74, 6) is 0. The van der Waals surface area contributed by atoms with Gasteiger partial charge in [-0.25, -0.2) is 0 Å². The quantitative estimate of drug-likeness (QED) is 0.756. The van der Waals surface area contributed by atoms with Gasteiger partial charge in [-0.1, -0.05) is 22.0 Å². The van der Waals surface area contributed by atoms with Gasteiger partial charge < -0.3 is 5.32 Å². The summed E-state index contributed by atoms with van der Waals surface area (Å²) < 4.78 is 1.37. The van der Waals surface area contributed by atoms with Gasteiger partial charge in [0.15, 0.2) is 0 Å². The lowest BCUT2D eigenvalue weighted by molar-refractivity contribution is 0.175. The summed E-state index contributed by atoms with van der Waals surface area (Å²) in [6.07, 6.45) is 6.16. The number of hydrogen-bond acceptors (Lipinski definition) is 2. The van der Waals surface area contributed by atoms with E-state index < -0.39 is 0 Å². The molecule has 3 heteroatoms. The van der Waals surface area contributed by atoms with Gasteiger partial charge in [-0.2, -0.15) is 0 Å². The van der Waals surface area contributed by atoms with Gasteiger partial charge in [0.25, 0.3) is 0 Å². The number of hydrogen-bond donors (Lipinski definition) is 1. The molecule has 0 aromatic carbocycles. The Hall–Kier alpha value is 0.140. The fraction of sp³-hybridized carbons (Fsp3) is 0.800. The van der Waals surface area contributed by atoms with Crippen molar-refractivity contribution in [2.75, 3.05) is 26.2 Å². The van der Waals surface area contributed by atoms with Crippen LogP contribution in [-0.2, 0) is 0 Å². The largest absolute Gasteiger partial charge is 0.317 e. The van der Waals surface area contributed by atoms with E-state index in [2.05, 4.69) is 32.2 Å². The van der Waals surface area contributed by atoms with Gasteiger partial charge >= 0.3 is 0 Å². The van der Waals surface area contributed by atoms with Crippen LogP contribution in [0.15, 0.2) is 10.6 Å². The summed E-state index contributed by atoms with van der Waals surface area (Å²) in [5.41, 5.74) is 0. The minimum Gasteiger partial charge on any atom is -0.317 e. The maximum Gasteiger partial charge on any atom is 0.0299 e. The highest BCUT2D eigenvalue weighted by molar-refractivity contribution is 9.11. The van der Waals surface area contributed by atoms with Crippen molar-refractivity contribution in [1.29, 1.82) is 0 Å². The number of nitrogens with zero attached hydrogens (tertiary/aromatic N) is 1. The third-order valence-corrected chi connectivity index (χ3v) is 3.54. The molecule has 0 bridgehead atoms. The van der Waals surface area contributed by atoms with Crippen molar-refractivity contribution in [2.24, 2.45) is 0 Å². The maximum atomic E-state index is 3.60. The molecule has 0 atom stereocenters. The lowest BCUT2D eigenvalue weighted by atomic mass is 10.0. The van der Waals surface area contributed by atoms with Gasteiger partial charge in [0.05, 0.1) is 0 Å². The molecule has 2 aliphatic rings. The molecule has 2 heterocycles. The monoisotopic (exact) mass is 244 g/mol. The van der Waals surface area contributed by atoms with E-state index in [9.17, 15) is 0 Å². The van der Waals surface area contributed by atoms with Gasteiger partial charge in [0.2, 0.25) is 0 Å². The van der Waals surface area contributed by atoms with Crippen molar-refractivity contribution < 1.29 is 0 Å². The molecule has 2 rings (SSSR count). The van der Waals surface area contributed by atoms with Crippen molar-refractivity contribution in [3.05, 3.63) is 10.6 Å². The van der Waals surface area contributed by atoms with Gasteiger partial charge in [-0.05, 0) is 32.4 Å². The Bertz CT molecular complexity index is 197. The molecule has 0 unspecified atom stereocenters. The summed E-state index contributed by atoms with van der Waals surface area (Å²) in [6.45, 7) is 4.77. The van der Waals surface area contributed by atoms with Crippen molar-refractivity contribution >= 4 is 15.9 Å². The molecule has 2 nitrogen and oxygen atoms in total. The van der Waals surface area contributed by atoms with Crippen molar-refractivity contribution in [2.45, 2.75) is 25.3 Å². The zero-order chi connectivity index (χ0) is 9.10. The second-order valence-electron chi connectivity index (χ2n) is 3.89. The van der Waals surface area contributed by atoms with Crippen LogP contribution in [0.25, 0.3) is 0 Å². The van der Waals surface area contributed by atoms with E-state index in [0.717, 1.165) is 12.6 Å². The highest BCUT2D eigenvalue weighted by Gasteiger charge is 2.22. The lowest BCUT2D eigenvalue weighted by Crippen LogP contribution is -2.44. The molecule has 0 spiro atoms. The first-order chi connectivity index (χ1) is 6.36. The third-order valence-electron chi connectivity index (χ3n) is 2.96. The van der Waals surface area contributed by atoms with Crippen LogP contribution < -0.4 is 5.32 Å². The van der Waals surface area contributed by atoms with E-state index >= 15 is 0 Å². The Morgan fingerprint density at radius 2 is 2.15 bits per heavy atom. The molecule has 74 valence electrons. The molecule has 0 aromatic heterocycles. The van der Waals surface area contributed by atoms with Crippen LogP contribution >= 0.6 is 15.9 Å². The van der Waals surface area contributed by atoms with Crippen molar-refractivity contribution in [3.63, 3.8) is 0 Å². The van der Waals surface area contributed by atoms with Crippen LogP contribution in [0.2, 0.25) is 0 Å². The number of nitrogens with one attached hydrogen (secondary N) is 1. The molecule has 1 N–H and O–H groups in total.